The summed E-state index contributed by atoms with van der Waals surface area (Å²) in [6, 6.07) is 18.9. The van der Waals surface area contributed by atoms with Crippen LogP contribution in [-0.2, 0) is 21.7 Å². The van der Waals surface area contributed by atoms with Gasteiger partial charge in [0, 0.05) is 19.5 Å². The second-order valence-corrected chi connectivity index (χ2v) is 10.1. The number of aliphatic hydroxyl groups is 1. The average molecular weight is 468 g/mol. The van der Waals surface area contributed by atoms with Crippen molar-refractivity contribution in [2.45, 2.75) is 24.9 Å². The molecule has 5 rings (SSSR count). The van der Waals surface area contributed by atoms with Gasteiger partial charge in [-0.15, -0.1) is 0 Å². The molecule has 2 aliphatic rings. The molecule has 0 radical (unpaired) electrons. The second kappa shape index (κ2) is 8.28. The summed E-state index contributed by atoms with van der Waals surface area (Å²) >= 11 is 0. The smallest absolute Gasteiger partial charge is 0.391 e. The predicted molar refractivity (Wildman–Crippen MR) is 122 cm³/mol. The van der Waals surface area contributed by atoms with Crippen LogP contribution in [0.15, 0.2) is 83.4 Å². The molecule has 0 spiro atoms. The van der Waals surface area contributed by atoms with E-state index in [1.165, 1.54) is 6.07 Å². The first kappa shape index (κ1) is 21.6. The number of rotatable bonds is 7. The van der Waals surface area contributed by atoms with Gasteiger partial charge in [-0.1, -0.05) is 36.4 Å². The van der Waals surface area contributed by atoms with E-state index in [2.05, 4.69) is 5.10 Å². The third-order valence-corrected chi connectivity index (χ3v) is 7.50. The van der Waals surface area contributed by atoms with Crippen molar-refractivity contribution in [3.63, 3.8) is 0 Å². The molecule has 0 bridgehead atoms. The van der Waals surface area contributed by atoms with Crippen molar-refractivity contribution < 1.29 is 23.2 Å². The topological polar surface area (TPSA) is 103 Å². The summed E-state index contributed by atoms with van der Waals surface area (Å²) in [7, 11) is -2.31. The molecular formula is C24H25N2O6P. The molecule has 1 heterocycles. The monoisotopic (exact) mass is 468 g/mol. The van der Waals surface area contributed by atoms with Gasteiger partial charge in [-0.2, -0.15) is 4.57 Å². The molecular weight excluding hydrogens is 443 g/mol. The van der Waals surface area contributed by atoms with E-state index in [0.717, 1.165) is 0 Å². The van der Waals surface area contributed by atoms with Crippen molar-refractivity contribution in [1.82, 2.24) is 9.78 Å². The number of hydrogen-bond acceptors (Lipinski definition) is 6. The molecule has 172 valence electrons. The van der Waals surface area contributed by atoms with Gasteiger partial charge in [-0.05, 0) is 55.0 Å². The maximum atomic E-state index is 13.6. The predicted octanol–water partition coefficient (Wildman–Crippen LogP) is 4.50. The Kier molecular flexibility index (Phi) is 5.43. The van der Waals surface area contributed by atoms with Gasteiger partial charge in [0.1, 0.15) is 22.9 Å². The molecule has 0 saturated heterocycles. The van der Waals surface area contributed by atoms with Gasteiger partial charge in [0.25, 0.3) is 5.56 Å². The van der Waals surface area contributed by atoms with Gasteiger partial charge >= 0.3 is 7.82 Å². The Morgan fingerprint density at radius 1 is 1.00 bits per heavy atom. The minimum absolute atomic E-state index is 0.0249. The van der Waals surface area contributed by atoms with Crippen LogP contribution >= 0.6 is 7.82 Å². The van der Waals surface area contributed by atoms with Crippen molar-refractivity contribution in [2.75, 3.05) is 0 Å². The standard InChI is InChI=1S/C24H25N2O6P/c1-26-22(14-23(27)25-26)24(28)15-17-12-21(13-18(17)16-24)32-33(29,30-19-8-4-2-5-9-19)31-20-10-6-3-7-11-20/h2-12,14,17-18,28H,13,15-16H2,1H3,(H,25,27). The molecule has 2 N–H and O–H groups in total. The van der Waals surface area contributed by atoms with E-state index in [1.54, 1.807) is 60.3 Å². The highest BCUT2D eigenvalue weighted by Gasteiger charge is 2.50. The highest BCUT2D eigenvalue weighted by Crippen LogP contribution is 2.57. The lowest BCUT2D eigenvalue weighted by atomic mass is 9.95. The number of nitrogens with zero attached hydrogens (tertiary/aromatic N) is 1. The molecule has 2 aromatic carbocycles. The van der Waals surface area contributed by atoms with Crippen LogP contribution < -0.4 is 14.6 Å². The Bertz CT molecular complexity index is 1220. The first-order chi connectivity index (χ1) is 15.8. The minimum atomic E-state index is -4.03. The molecule has 0 aliphatic heterocycles. The quantitative estimate of drug-likeness (QED) is 0.495. The highest BCUT2D eigenvalue weighted by atomic mass is 31.2. The van der Waals surface area contributed by atoms with E-state index >= 15 is 0 Å². The van der Waals surface area contributed by atoms with Crippen molar-refractivity contribution >= 4 is 7.82 Å². The van der Waals surface area contributed by atoms with E-state index in [1.807, 2.05) is 18.2 Å². The zero-order valence-electron chi connectivity index (χ0n) is 18.1. The third-order valence-electron chi connectivity index (χ3n) is 6.18. The maximum absolute atomic E-state index is 13.6. The van der Waals surface area contributed by atoms with Crippen LogP contribution in [0.25, 0.3) is 0 Å². The van der Waals surface area contributed by atoms with Crippen molar-refractivity contribution in [2.24, 2.45) is 18.9 Å². The van der Waals surface area contributed by atoms with E-state index in [-0.39, 0.29) is 17.4 Å². The summed E-state index contributed by atoms with van der Waals surface area (Å²) in [4.78, 5) is 11.7. The Morgan fingerprint density at radius 2 is 1.61 bits per heavy atom. The number of H-pyrrole nitrogens is 1. The summed E-state index contributed by atoms with van der Waals surface area (Å²) < 4.78 is 32.5. The number of fused-ring (bicyclic) bond motifs is 1. The van der Waals surface area contributed by atoms with Crippen LogP contribution in [0, 0.1) is 11.8 Å². The lowest BCUT2D eigenvalue weighted by Crippen LogP contribution is -2.25. The summed E-state index contributed by atoms with van der Waals surface area (Å²) in [5.74, 6) is 1.38. The molecule has 8 nitrogen and oxygen atoms in total. The zero-order chi connectivity index (χ0) is 23.1. The van der Waals surface area contributed by atoms with Crippen LogP contribution in [0.5, 0.6) is 11.5 Å². The molecule has 3 atom stereocenters. The number of phosphoric acid groups is 1. The number of aromatic nitrogens is 2. The largest absolute Gasteiger partial charge is 0.646 e. The first-order valence-corrected chi connectivity index (χ1v) is 12.3. The molecule has 3 aromatic rings. The first-order valence-electron chi connectivity index (χ1n) is 10.8. The van der Waals surface area contributed by atoms with Crippen molar-refractivity contribution in [3.05, 3.63) is 94.6 Å². The normalized spacial score (nSPS) is 24.2. The summed E-state index contributed by atoms with van der Waals surface area (Å²) in [5, 5.41) is 13.9. The fraction of sp³-hybridized carbons (Fsp3) is 0.292. The molecule has 1 saturated carbocycles. The number of aryl methyl sites for hydroxylation is 1. The fourth-order valence-electron chi connectivity index (χ4n) is 4.83. The van der Waals surface area contributed by atoms with Crippen LogP contribution in [0.1, 0.15) is 25.0 Å². The molecule has 0 amide bonds. The number of hydrogen-bond donors (Lipinski definition) is 2. The summed E-state index contributed by atoms with van der Waals surface area (Å²) in [6.07, 6.45) is 3.29. The van der Waals surface area contributed by atoms with Crippen LogP contribution in [0.4, 0.5) is 0 Å². The number of nitrogens with one attached hydrogen (secondary N) is 1. The Labute approximate surface area is 191 Å². The highest BCUT2D eigenvalue weighted by molar-refractivity contribution is 7.49. The Balaban J connectivity index is 1.35. The van der Waals surface area contributed by atoms with Gasteiger partial charge in [0.2, 0.25) is 0 Å². The maximum Gasteiger partial charge on any atom is 0.646 e. The molecule has 33 heavy (non-hydrogen) atoms. The van der Waals surface area contributed by atoms with Gasteiger partial charge in [0.15, 0.2) is 0 Å². The van der Waals surface area contributed by atoms with Crippen LogP contribution in [0.2, 0.25) is 0 Å². The zero-order valence-corrected chi connectivity index (χ0v) is 19.0. The lowest BCUT2D eigenvalue weighted by molar-refractivity contribution is 0.0292. The van der Waals surface area contributed by atoms with Crippen LogP contribution in [0.3, 0.4) is 0 Å². The number of phosphoric ester groups is 1. The molecule has 3 unspecified atom stereocenters. The van der Waals surface area contributed by atoms with E-state index in [4.69, 9.17) is 13.6 Å². The van der Waals surface area contributed by atoms with E-state index in [0.29, 0.717) is 42.2 Å². The van der Waals surface area contributed by atoms with Gasteiger partial charge in [-0.3, -0.25) is 14.6 Å². The van der Waals surface area contributed by atoms with Gasteiger partial charge in [0.05, 0.1) is 5.69 Å². The average Bonchev–Trinajstić information content (AvgIpc) is 3.39. The molecule has 2 aliphatic carbocycles. The van der Waals surface area contributed by atoms with Crippen LogP contribution in [-0.4, -0.2) is 14.9 Å². The lowest BCUT2D eigenvalue weighted by Gasteiger charge is -2.24. The number of benzene rings is 2. The fourth-order valence-corrected chi connectivity index (χ4v) is 6.13. The number of para-hydroxylation sites is 2. The number of allylic oxidation sites excluding steroid dienone is 2. The SMILES string of the molecule is Cn1[nH]c(=O)cc1C1(O)CC2C=C(OP(=O)(Oc3ccccc3)Oc3ccccc3)CC2C1. The van der Waals surface area contributed by atoms with Crippen molar-refractivity contribution in [1.29, 1.82) is 0 Å². The second-order valence-electron chi connectivity index (χ2n) is 8.61. The van der Waals surface area contributed by atoms with Crippen molar-refractivity contribution in [3.8, 4) is 11.5 Å². The summed E-state index contributed by atoms with van der Waals surface area (Å²) in [5.41, 5.74) is -0.770. The van der Waals surface area contributed by atoms with Gasteiger partial charge < -0.3 is 18.7 Å². The minimum Gasteiger partial charge on any atom is -0.391 e. The third kappa shape index (κ3) is 4.49. The Morgan fingerprint density at radius 3 is 2.12 bits per heavy atom. The molecule has 1 aromatic heterocycles. The molecule has 9 heteroatoms. The van der Waals surface area contributed by atoms with E-state index < -0.39 is 13.4 Å². The van der Waals surface area contributed by atoms with Gasteiger partial charge in [-0.25, -0.2) is 0 Å². The van der Waals surface area contributed by atoms with E-state index in [9.17, 15) is 14.5 Å². The molecule has 1 fully saturated rings. The number of aromatic amines is 1. The Hall–Kier alpha value is -3.22. The summed E-state index contributed by atoms with van der Waals surface area (Å²) in [6.45, 7) is 0.